The Balaban J connectivity index is 1.56. The molecule has 25 heavy (non-hydrogen) atoms. The van der Waals surface area contributed by atoms with Crippen LogP contribution in [0.2, 0.25) is 5.02 Å². The normalized spacial score (nSPS) is 15.6. The van der Waals surface area contributed by atoms with Crippen molar-refractivity contribution in [2.45, 2.75) is 0 Å². The zero-order valence-electron chi connectivity index (χ0n) is 13.0. The smallest absolute Gasteiger partial charge is 0.285 e. The molecule has 0 saturated heterocycles. The van der Waals surface area contributed by atoms with Crippen molar-refractivity contribution in [1.82, 2.24) is 0 Å². The van der Waals surface area contributed by atoms with Crippen molar-refractivity contribution in [3.05, 3.63) is 88.0 Å². The lowest BCUT2D eigenvalue weighted by Crippen LogP contribution is -1.89. The number of hydrogen-bond donors (Lipinski definition) is 0. The second kappa shape index (κ2) is 6.75. The van der Waals surface area contributed by atoms with Gasteiger partial charge in [-0.3, -0.25) is 4.79 Å². The predicted molar refractivity (Wildman–Crippen MR) is 103 cm³/mol. The predicted octanol–water partition coefficient (Wildman–Crippen LogP) is 5.66. The molecular formula is C20H12ClNO2S. The molecule has 0 bridgehead atoms. The van der Waals surface area contributed by atoms with Crippen LogP contribution < -0.4 is 0 Å². The Hall–Kier alpha value is -2.56. The van der Waals surface area contributed by atoms with Crippen LogP contribution in [0.25, 0.3) is 17.4 Å². The minimum absolute atomic E-state index is 0.242. The quantitative estimate of drug-likeness (QED) is 0.562. The summed E-state index contributed by atoms with van der Waals surface area (Å²) in [6, 6.07) is 20.8. The molecule has 2 heterocycles. The second-order valence-corrected chi connectivity index (χ2v) is 6.87. The molecule has 0 unspecified atom stereocenters. The molecule has 1 amide bonds. The molecule has 1 aromatic heterocycles. The molecular weight excluding hydrogens is 354 g/mol. The fourth-order valence-corrected chi connectivity index (χ4v) is 3.47. The van der Waals surface area contributed by atoms with Crippen molar-refractivity contribution in [1.29, 1.82) is 0 Å². The standard InChI is InChI=1S/C20H12ClNO2S/c21-15-8-6-13(7-9-15)17-11-10-16(24-17)12-18-19(23)22-20(25-18)14-4-2-1-3-5-14/h1-12H/b18-12-. The van der Waals surface area contributed by atoms with Crippen LogP contribution in [-0.4, -0.2) is 11.0 Å². The first kappa shape index (κ1) is 15.9. The average molecular weight is 366 g/mol. The Morgan fingerprint density at radius 2 is 1.68 bits per heavy atom. The van der Waals surface area contributed by atoms with Crippen molar-refractivity contribution in [3.63, 3.8) is 0 Å². The Morgan fingerprint density at radius 1 is 0.920 bits per heavy atom. The van der Waals surface area contributed by atoms with Gasteiger partial charge in [0.1, 0.15) is 16.6 Å². The fraction of sp³-hybridized carbons (Fsp3) is 0. The maximum absolute atomic E-state index is 12.1. The molecule has 1 aliphatic rings. The number of hydrogen-bond acceptors (Lipinski definition) is 3. The molecule has 0 saturated carbocycles. The number of rotatable bonds is 3. The van der Waals surface area contributed by atoms with E-state index < -0.39 is 0 Å². The zero-order valence-corrected chi connectivity index (χ0v) is 14.6. The largest absolute Gasteiger partial charge is 0.457 e. The van der Waals surface area contributed by atoms with Gasteiger partial charge in [-0.25, -0.2) is 4.99 Å². The lowest BCUT2D eigenvalue weighted by atomic mass is 10.2. The first-order valence-corrected chi connectivity index (χ1v) is 8.82. The molecule has 0 radical (unpaired) electrons. The maximum atomic E-state index is 12.1. The average Bonchev–Trinajstić information content (AvgIpc) is 3.24. The molecule has 0 aliphatic carbocycles. The first-order chi connectivity index (χ1) is 12.2. The van der Waals surface area contributed by atoms with Gasteiger partial charge < -0.3 is 4.42 Å². The van der Waals surface area contributed by atoms with Crippen LogP contribution in [-0.2, 0) is 4.79 Å². The van der Waals surface area contributed by atoms with Crippen molar-refractivity contribution in [2.24, 2.45) is 4.99 Å². The molecule has 1 aliphatic heterocycles. The highest BCUT2D eigenvalue weighted by atomic mass is 35.5. The Morgan fingerprint density at radius 3 is 2.44 bits per heavy atom. The van der Waals surface area contributed by atoms with Gasteiger partial charge in [0.2, 0.25) is 0 Å². The third-order valence-electron chi connectivity index (χ3n) is 3.67. The number of benzene rings is 2. The summed E-state index contributed by atoms with van der Waals surface area (Å²) >= 11 is 7.26. The van der Waals surface area contributed by atoms with E-state index in [1.54, 1.807) is 6.08 Å². The molecule has 0 atom stereocenters. The van der Waals surface area contributed by atoms with E-state index in [0.717, 1.165) is 16.9 Å². The molecule has 5 heteroatoms. The SMILES string of the molecule is O=C1N=C(c2ccccc2)S/C1=C\c1ccc(-c2ccc(Cl)cc2)o1. The number of thioether (sulfide) groups is 1. The lowest BCUT2D eigenvalue weighted by molar-refractivity contribution is -0.113. The summed E-state index contributed by atoms with van der Waals surface area (Å²) in [6.45, 7) is 0. The van der Waals surface area contributed by atoms with E-state index in [1.165, 1.54) is 11.8 Å². The van der Waals surface area contributed by atoms with Crippen molar-refractivity contribution < 1.29 is 9.21 Å². The van der Waals surface area contributed by atoms with Crippen LogP contribution in [0.5, 0.6) is 0 Å². The lowest BCUT2D eigenvalue weighted by Gasteiger charge is -1.98. The van der Waals surface area contributed by atoms with Crippen LogP contribution >= 0.6 is 23.4 Å². The Labute approximate surface area is 154 Å². The number of amides is 1. The minimum Gasteiger partial charge on any atom is -0.457 e. The highest BCUT2D eigenvalue weighted by Crippen LogP contribution is 2.33. The van der Waals surface area contributed by atoms with Gasteiger partial charge in [0.25, 0.3) is 5.91 Å². The van der Waals surface area contributed by atoms with Crippen LogP contribution in [0, 0.1) is 0 Å². The van der Waals surface area contributed by atoms with E-state index >= 15 is 0 Å². The zero-order chi connectivity index (χ0) is 17.2. The highest BCUT2D eigenvalue weighted by molar-refractivity contribution is 8.19. The number of nitrogens with zero attached hydrogens (tertiary/aromatic N) is 1. The molecule has 3 nitrogen and oxygen atoms in total. The van der Waals surface area contributed by atoms with Crippen molar-refractivity contribution in [3.8, 4) is 11.3 Å². The summed E-state index contributed by atoms with van der Waals surface area (Å²) in [6.07, 6.45) is 1.73. The molecule has 2 aromatic carbocycles. The molecule has 0 fully saturated rings. The first-order valence-electron chi connectivity index (χ1n) is 7.63. The van der Waals surface area contributed by atoms with Crippen molar-refractivity contribution in [2.75, 3.05) is 0 Å². The Bertz CT molecular complexity index is 988. The van der Waals surface area contributed by atoms with E-state index in [9.17, 15) is 4.79 Å². The molecule has 122 valence electrons. The molecule has 0 N–H and O–H groups in total. The number of furan rings is 1. The maximum Gasteiger partial charge on any atom is 0.285 e. The van der Waals surface area contributed by atoms with E-state index in [2.05, 4.69) is 4.99 Å². The monoisotopic (exact) mass is 365 g/mol. The molecule has 3 aromatic rings. The van der Waals surface area contributed by atoms with Crippen LogP contribution in [0.15, 0.2) is 81.0 Å². The van der Waals surface area contributed by atoms with Gasteiger partial charge in [0.05, 0.1) is 4.91 Å². The number of carbonyl (C=O) groups excluding carboxylic acids is 1. The van der Waals surface area contributed by atoms with Crippen LogP contribution in [0.3, 0.4) is 0 Å². The summed E-state index contributed by atoms with van der Waals surface area (Å²) in [7, 11) is 0. The van der Waals surface area contributed by atoms with E-state index in [0.29, 0.717) is 20.7 Å². The summed E-state index contributed by atoms with van der Waals surface area (Å²) in [5.74, 6) is 1.10. The minimum atomic E-state index is -0.242. The summed E-state index contributed by atoms with van der Waals surface area (Å²) < 4.78 is 5.82. The van der Waals surface area contributed by atoms with Gasteiger partial charge in [-0.15, -0.1) is 0 Å². The molecule has 4 rings (SSSR count). The number of halogens is 1. The van der Waals surface area contributed by atoms with E-state index in [1.807, 2.05) is 66.7 Å². The van der Waals surface area contributed by atoms with Crippen LogP contribution in [0.1, 0.15) is 11.3 Å². The van der Waals surface area contributed by atoms with Gasteiger partial charge >= 0.3 is 0 Å². The number of carbonyl (C=O) groups is 1. The van der Waals surface area contributed by atoms with Gasteiger partial charge in [-0.05, 0) is 36.4 Å². The van der Waals surface area contributed by atoms with Gasteiger partial charge in [0, 0.05) is 22.2 Å². The summed E-state index contributed by atoms with van der Waals surface area (Å²) in [5, 5.41) is 1.39. The van der Waals surface area contributed by atoms with Gasteiger partial charge in [-0.2, -0.15) is 0 Å². The van der Waals surface area contributed by atoms with Crippen molar-refractivity contribution >= 4 is 40.4 Å². The molecule has 0 spiro atoms. The van der Waals surface area contributed by atoms with Crippen LogP contribution in [0.4, 0.5) is 0 Å². The summed E-state index contributed by atoms with van der Waals surface area (Å²) in [5.41, 5.74) is 1.87. The highest BCUT2D eigenvalue weighted by Gasteiger charge is 2.23. The Kier molecular flexibility index (Phi) is 4.30. The third-order valence-corrected chi connectivity index (χ3v) is 4.95. The topological polar surface area (TPSA) is 42.6 Å². The third kappa shape index (κ3) is 3.45. The van der Waals surface area contributed by atoms with Gasteiger partial charge in [-0.1, -0.05) is 53.7 Å². The van der Waals surface area contributed by atoms with Gasteiger partial charge in [0.15, 0.2) is 0 Å². The van der Waals surface area contributed by atoms with E-state index in [-0.39, 0.29) is 5.91 Å². The fourth-order valence-electron chi connectivity index (χ4n) is 2.44. The number of aliphatic imine (C=N–C) groups is 1. The second-order valence-electron chi connectivity index (χ2n) is 5.41. The summed E-state index contributed by atoms with van der Waals surface area (Å²) in [4.78, 5) is 16.8. The van der Waals surface area contributed by atoms with E-state index in [4.69, 9.17) is 16.0 Å².